The predicted octanol–water partition coefficient (Wildman–Crippen LogP) is 1.88. The Morgan fingerprint density at radius 3 is 2.54 bits per heavy atom. The van der Waals surface area contributed by atoms with E-state index in [0.717, 1.165) is 0 Å². The monoisotopic (exact) mass is 223 g/mol. The summed E-state index contributed by atoms with van der Waals surface area (Å²) >= 11 is 11.0. The van der Waals surface area contributed by atoms with Crippen molar-refractivity contribution in [2.45, 2.75) is 0 Å². The van der Waals surface area contributed by atoms with Crippen molar-refractivity contribution in [1.29, 1.82) is 0 Å². The maximum absolute atomic E-state index is 10.4. The van der Waals surface area contributed by atoms with Crippen LogP contribution in [0.5, 0.6) is 0 Å². The first kappa shape index (κ1) is 12.5. The van der Waals surface area contributed by atoms with Crippen LogP contribution in [0.3, 0.4) is 0 Å². The lowest BCUT2D eigenvalue weighted by atomic mass is 10.4. The minimum atomic E-state index is -0.902. The maximum Gasteiger partial charge on any atom is 0.317 e. The zero-order chi connectivity index (χ0) is 10.3. The van der Waals surface area contributed by atoms with Crippen molar-refractivity contribution < 1.29 is 9.90 Å². The van der Waals surface area contributed by atoms with Gasteiger partial charge < -0.3 is 5.11 Å². The van der Waals surface area contributed by atoms with E-state index in [2.05, 4.69) is 6.58 Å². The Hall–Kier alpha value is -0.510. The fourth-order valence-corrected chi connectivity index (χ4v) is 1.05. The van der Waals surface area contributed by atoms with E-state index in [1.54, 1.807) is 11.0 Å². The van der Waals surface area contributed by atoms with Crippen LogP contribution < -0.4 is 0 Å². The maximum atomic E-state index is 10.4. The van der Waals surface area contributed by atoms with Gasteiger partial charge in [0.2, 0.25) is 0 Å². The van der Waals surface area contributed by atoms with Crippen molar-refractivity contribution in [2.24, 2.45) is 0 Å². The summed E-state index contributed by atoms with van der Waals surface area (Å²) in [6, 6.07) is 0. The molecule has 0 heterocycles. The topological polar surface area (TPSA) is 40.5 Å². The fraction of sp³-hybridized carbons (Fsp3) is 0.375. The summed E-state index contributed by atoms with van der Waals surface area (Å²) in [5.74, 6) is -0.902. The number of rotatable bonds is 6. The van der Waals surface area contributed by atoms with Crippen molar-refractivity contribution in [3.05, 3.63) is 23.2 Å². The number of hydrogen-bond acceptors (Lipinski definition) is 2. The zero-order valence-corrected chi connectivity index (χ0v) is 8.55. The van der Waals surface area contributed by atoms with Crippen LogP contribution in [0.4, 0.5) is 0 Å². The van der Waals surface area contributed by atoms with Crippen LogP contribution in [0.25, 0.3) is 0 Å². The second kappa shape index (κ2) is 6.95. The second-order valence-electron chi connectivity index (χ2n) is 2.41. The zero-order valence-electron chi connectivity index (χ0n) is 7.04. The van der Waals surface area contributed by atoms with Gasteiger partial charge in [0, 0.05) is 23.7 Å². The summed E-state index contributed by atoms with van der Waals surface area (Å²) in [5, 5.41) is 8.93. The molecule has 0 aromatic carbocycles. The first-order chi connectivity index (χ1) is 6.10. The number of carboxylic acids is 1. The van der Waals surface area contributed by atoms with E-state index in [1.807, 2.05) is 0 Å². The molecule has 0 bridgehead atoms. The average Bonchev–Trinajstić information content (AvgIpc) is 2.03. The summed E-state index contributed by atoms with van der Waals surface area (Å²) < 4.78 is 0. The van der Waals surface area contributed by atoms with Gasteiger partial charge in [-0.15, -0.1) is 6.58 Å². The van der Waals surface area contributed by atoms with E-state index in [4.69, 9.17) is 28.3 Å². The summed E-state index contributed by atoms with van der Waals surface area (Å²) in [6.45, 7) is 4.22. The van der Waals surface area contributed by atoms with E-state index in [-0.39, 0.29) is 6.54 Å². The summed E-state index contributed by atoms with van der Waals surface area (Å²) in [7, 11) is 0. The van der Waals surface area contributed by atoms with E-state index >= 15 is 0 Å². The van der Waals surface area contributed by atoms with Gasteiger partial charge in [-0.2, -0.15) is 0 Å². The smallest absolute Gasteiger partial charge is 0.317 e. The van der Waals surface area contributed by atoms with Crippen LogP contribution in [-0.2, 0) is 4.79 Å². The number of carbonyl (C=O) groups is 1. The van der Waals surface area contributed by atoms with Crippen LogP contribution in [0.1, 0.15) is 0 Å². The fourth-order valence-electron chi connectivity index (χ4n) is 0.807. The van der Waals surface area contributed by atoms with E-state index in [1.165, 1.54) is 5.54 Å². The number of nitrogens with zero attached hydrogens (tertiary/aromatic N) is 1. The highest BCUT2D eigenvalue weighted by Gasteiger charge is 2.08. The Morgan fingerprint density at radius 1 is 1.54 bits per heavy atom. The molecule has 0 saturated carbocycles. The van der Waals surface area contributed by atoms with Gasteiger partial charge in [-0.1, -0.05) is 29.3 Å². The number of aliphatic carboxylic acids is 1. The predicted molar refractivity (Wildman–Crippen MR) is 54.1 cm³/mol. The molecule has 0 rings (SSSR count). The highest BCUT2D eigenvalue weighted by Crippen LogP contribution is 2.05. The molecule has 0 saturated heterocycles. The largest absolute Gasteiger partial charge is 0.480 e. The van der Waals surface area contributed by atoms with Gasteiger partial charge in [0.1, 0.15) is 0 Å². The molecule has 0 atom stereocenters. The lowest BCUT2D eigenvalue weighted by Crippen LogP contribution is -2.31. The molecule has 0 unspecified atom stereocenters. The Morgan fingerprint density at radius 2 is 2.15 bits per heavy atom. The molecule has 0 fully saturated rings. The molecule has 0 aromatic heterocycles. The molecule has 74 valence electrons. The van der Waals surface area contributed by atoms with Crippen LogP contribution in [0.2, 0.25) is 0 Å². The van der Waals surface area contributed by atoms with Crippen LogP contribution in [0.15, 0.2) is 23.2 Å². The third kappa shape index (κ3) is 6.63. The molecule has 1 N–H and O–H groups in total. The normalized spacial score (nSPS) is 11.8. The summed E-state index contributed by atoms with van der Waals surface area (Å²) in [5.41, 5.74) is 1.22. The molecule has 0 aliphatic carbocycles. The van der Waals surface area contributed by atoms with Gasteiger partial charge in [-0.3, -0.25) is 9.69 Å². The Balaban J connectivity index is 4.08. The molecule has 0 amide bonds. The van der Waals surface area contributed by atoms with Crippen LogP contribution in [0, 0.1) is 0 Å². The summed E-state index contributed by atoms with van der Waals surface area (Å²) in [4.78, 5) is 12.0. The SMILES string of the molecule is C=CCN(CC(=O)O)CC(Cl)=CCl. The minimum Gasteiger partial charge on any atom is -0.480 e. The van der Waals surface area contributed by atoms with Gasteiger partial charge in [0.05, 0.1) is 6.54 Å². The number of halogens is 2. The average molecular weight is 224 g/mol. The molecule has 0 aromatic rings. The van der Waals surface area contributed by atoms with Crippen molar-refractivity contribution in [3.8, 4) is 0 Å². The van der Waals surface area contributed by atoms with E-state index < -0.39 is 5.97 Å². The van der Waals surface area contributed by atoms with Crippen molar-refractivity contribution in [3.63, 3.8) is 0 Å². The van der Waals surface area contributed by atoms with E-state index in [9.17, 15) is 4.79 Å². The lowest BCUT2D eigenvalue weighted by molar-refractivity contribution is -0.138. The third-order valence-electron chi connectivity index (χ3n) is 1.24. The van der Waals surface area contributed by atoms with Gasteiger partial charge in [0.15, 0.2) is 0 Å². The third-order valence-corrected chi connectivity index (χ3v) is 1.84. The Bertz CT molecular complexity index is 216. The van der Waals surface area contributed by atoms with Gasteiger partial charge in [0.25, 0.3) is 0 Å². The van der Waals surface area contributed by atoms with E-state index in [0.29, 0.717) is 18.1 Å². The Kier molecular flexibility index (Phi) is 6.68. The number of hydrogen-bond donors (Lipinski definition) is 1. The first-order valence-electron chi connectivity index (χ1n) is 3.60. The molecular weight excluding hydrogens is 213 g/mol. The van der Waals surface area contributed by atoms with Crippen molar-refractivity contribution >= 4 is 29.2 Å². The van der Waals surface area contributed by atoms with Crippen LogP contribution in [-0.4, -0.2) is 35.6 Å². The molecule has 0 aliphatic rings. The standard InChI is InChI=1S/C8H11Cl2NO2/c1-2-3-11(6-8(12)13)5-7(10)4-9/h2,4H,1,3,5-6H2,(H,12,13). The molecular formula is C8H11Cl2NO2. The number of carboxylic acid groups (broad SMARTS) is 1. The van der Waals surface area contributed by atoms with Crippen LogP contribution >= 0.6 is 23.2 Å². The summed E-state index contributed by atoms with van der Waals surface area (Å²) in [6.07, 6.45) is 1.61. The van der Waals surface area contributed by atoms with Crippen molar-refractivity contribution in [1.82, 2.24) is 4.90 Å². The highest BCUT2D eigenvalue weighted by molar-refractivity contribution is 6.36. The minimum absolute atomic E-state index is 0.0764. The van der Waals surface area contributed by atoms with Gasteiger partial charge >= 0.3 is 5.97 Å². The second-order valence-corrected chi connectivity index (χ2v) is 3.11. The quantitative estimate of drug-likeness (QED) is 0.700. The first-order valence-corrected chi connectivity index (χ1v) is 4.41. The molecule has 0 aliphatic heterocycles. The highest BCUT2D eigenvalue weighted by atomic mass is 35.5. The van der Waals surface area contributed by atoms with Gasteiger partial charge in [-0.25, -0.2) is 0 Å². The lowest BCUT2D eigenvalue weighted by Gasteiger charge is -2.16. The molecule has 13 heavy (non-hydrogen) atoms. The molecule has 5 heteroatoms. The molecule has 0 spiro atoms. The molecule has 3 nitrogen and oxygen atoms in total. The van der Waals surface area contributed by atoms with Crippen molar-refractivity contribution in [2.75, 3.05) is 19.6 Å². The van der Waals surface area contributed by atoms with Gasteiger partial charge in [-0.05, 0) is 0 Å². The molecule has 0 radical (unpaired) electrons. The Labute approximate surface area is 87.2 Å².